The summed E-state index contributed by atoms with van der Waals surface area (Å²) in [6.45, 7) is 1.93. The highest BCUT2D eigenvalue weighted by molar-refractivity contribution is 6.38. The van der Waals surface area contributed by atoms with Crippen LogP contribution in [0.4, 0.5) is 5.69 Å². The fourth-order valence-corrected chi connectivity index (χ4v) is 3.02. The smallest absolute Gasteiger partial charge is 0.262 e. The van der Waals surface area contributed by atoms with Crippen LogP contribution in [0.2, 0.25) is 5.02 Å². The molecule has 0 saturated carbocycles. The van der Waals surface area contributed by atoms with Gasteiger partial charge < -0.3 is 10.1 Å². The monoisotopic (exact) mass is 314 g/mol. The molecule has 0 aliphatic carbocycles. The first-order valence-electron chi connectivity index (χ1n) is 6.70. The lowest BCUT2D eigenvalue weighted by molar-refractivity contribution is -0.118. The van der Waals surface area contributed by atoms with Crippen LogP contribution in [-0.4, -0.2) is 27.7 Å². The molecule has 7 heteroatoms. The molecule has 0 spiro atoms. The second-order valence-electron chi connectivity index (χ2n) is 5.09. The van der Waals surface area contributed by atoms with Crippen molar-refractivity contribution in [2.24, 2.45) is 0 Å². The van der Waals surface area contributed by atoms with Crippen LogP contribution in [-0.2, 0) is 4.79 Å². The Hall–Kier alpha value is -2.60. The van der Waals surface area contributed by atoms with Crippen LogP contribution < -0.4 is 10.1 Å². The Labute approximate surface area is 130 Å². The molecule has 0 fully saturated rings. The van der Waals surface area contributed by atoms with Crippen LogP contribution in [0.3, 0.4) is 0 Å². The molecule has 0 radical (unpaired) electrons. The number of aromatic nitrogens is 3. The van der Waals surface area contributed by atoms with Gasteiger partial charge in [-0.2, -0.15) is 5.10 Å². The minimum absolute atomic E-state index is 0.0308. The largest absolute Gasteiger partial charge is 0.480 e. The van der Waals surface area contributed by atoms with E-state index in [1.807, 2.05) is 19.1 Å². The number of nitrogens with one attached hydrogen (secondary N) is 2. The number of nitrogens with zero attached hydrogens (tertiary/aromatic N) is 2. The van der Waals surface area contributed by atoms with E-state index in [2.05, 4.69) is 20.5 Å². The van der Waals surface area contributed by atoms with Crippen LogP contribution in [0, 0.1) is 6.92 Å². The molecular weight excluding hydrogens is 304 g/mol. The van der Waals surface area contributed by atoms with Gasteiger partial charge in [-0.1, -0.05) is 11.6 Å². The summed E-state index contributed by atoms with van der Waals surface area (Å²) in [5.41, 5.74) is 3.80. The van der Waals surface area contributed by atoms with E-state index in [1.54, 1.807) is 12.3 Å². The fraction of sp³-hybridized carbons (Fsp3) is 0.133. The molecular formula is C15H11ClN4O2. The van der Waals surface area contributed by atoms with Gasteiger partial charge in [-0.05, 0) is 30.7 Å². The molecule has 4 rings (SSSR count). The van der Waals surface area contributed by atoms with Gasteiger partial charge >= 0.3 is 0 Å². The predicted molar refractivity (Wildman–Crippen MR) is 83.2 cm³/mol. The summed E-state index contributed by atoms with van der Waals surface area (Å²) in [5.74, 6) is 0.289. The van der Waals surface area contributed by atoms with Gasteiger partial charge in [0, 0.05) is 11.6 Å². The van der Waals surface area contributed by atoms with Crippen LogP contribution >= 0.6 is 11.6 Å². The molecule has 1 aliphatic rings. The van der Waals surface area contributed by atoms with Crippen LogP contribution in [0.15, 0.2) is 24.4 Å². The van der Waals surface area contributed by atoms with Crippen molar-refractivity contribution in [2.75, 3.05) is 11.9 Å². The van der Waals surface area contributed by atoms with Crippen molar-refractivity contribution in [1.29, 1.82) is 0 Å². The number of pyridine rings is 1. The maximum Gasteiger partial charge on any atom is 0.262 e. The molecule has 110 valence electrons. The van der Waals surface area contributed by atoms with E-state index in [0.29, 0.717) is 22.0 Å². The summed E-state index contributed by atoms with van der Waals surface area (Å²) < 4.78 is 5.44. The molecule has 1 aliphatic heterocycles. The van der Waals surface area contributed by atoms with Gasteiger partial charge in [-0.3, -0.25) is 9.89 Å². The Morgan fingerprint density at radius 1 is 1.36 bits per heavy atom. The lowest BCUT2D eigenvalue weighted by Gasteiger charge is -2.20. The van der Waals surface area contributed by atoms with Gasteiger partial charge in [0.05, 0.1) is 27.6 Å². The maximum absolute atomic E-state index is 11.5. The van der Waals surface area contributed by atoms with Crippen molar-refractivity contribution >= 4 is 34.1 Å². The van der Waals surface area contributed by atoms with E-state index in [9.17, 15) is 4.79 Å². The number of aryl methyl sites for hydroxylation is 1. The van der Waals surface area contributed by atoms with E-state index < -0.39 is 0 Å². The molecule has 0 atom stereocenters. The SMILES string of the molecule is Cc1cc(-c2ccn[nH]2)nc2cc3c(c(Cl)c12)OCC(=O)N3. The zero-order valence-electron chi connectivity index (χ0n) is 11.6. The van der Waals surface area contributed by atoms with Gasteiger partial charge in [-0.15, -0.1) is 0 Å². The molecule has 0 unspecified atom stereocenters. The number of fused-ring (bicyclic) bond motifs is 2. The van der Waals surface area contributed by atoms with Crippen molar-refractivity contribution in [2.45, 2.75) is 6.92 Å². The fourth-order valence-electron chi connectivity index (χ4n) is 2.62. The Kier molecular flexibility index (Phi) is 2.80. The highest BCUT2D eigenvalue weighted by Gasteiger charge is 2.22. The number of hydrogen-bond donors (Lipinski definition) is 2. The number of benzene rings is 1. The molecule has 2 aromatic heterocycles. The number of ether oxygens (including phenoxy) is 1. The van der Waals surface area contributed by atoms with E-state index in [1.165, 1.54) is 0 Å². The van der Waals surface area contributed by atoms with Gasteiger partial charge in [0.15, 0.2) is 12.4 Å². The maximum atomic E-state index is 11.5. The van der Waals surface area contributed by atoms with Crippen molar-refractivity contribution in [3.8, 4) is 17.1 Å². The third-order valence-corrected chi connectivity index (χ3v) is 3.95. The van der Waals surface area contributed by atoms with Gasteiger partial charge in [-0.25, -0.2) is 4.98 Å². The average molecular weight is 315 g/mol. The summed E-state index contributed by atoms with van der Waals surface area (Å²) >= 11 is 6.45. The number of carbonyl (C=O) groups excluding carboxylic acids is 1. The van der Waals surface area contributed by atoms with Crippen molar-refractivity contribution in [3.63, 3.8) is 0 Å². The summed E-state index contributed by atoms with van der Waals surface area (Å²) in [6.07, 6.45) is 1.67. The lowest BCUT2D eigenvalue weighted by Crippen LogP contribution is -2.25. The molecule has 0 bridgehead atoms. The number of H-pyrrole nitrogens is 1. The van der Waals surface area contributed by atoms with Crippen LogP contribution in [0.1, 0.15) is 5.56 Å². The third-order valence-electron chi connectivity index (χ3n) is 3.59. The van der Waals surface area contributed by atoms with Crippen LogP contribution in [0.25, 0.3) is 22.3 Å². The summed E-state index contributed by atoms with van der Waals surface area (Å²) in [5, 5.41) is 10.9. The number of hydrogen-bond acceptors (Lipinski definition) is 4. The predicted octanol–water partition coefficient (Wildman–Crippen LogP) is 2.92. The van der Waals surface area contributed by atoms with E-state index >= 15 is 0 Å². The van der Waals surface area contributed by atoms with Crippen molar-refractivity contribution < 1.29 is 9.53 Å². The second kappa shape index (κ2) is 4.71. The topological polar surface area (TPSA) is 79.9 Å². The van der Waals surface area contributed by atoms with Gasteiger partial charge in [0.2, 0.25) is 0 Å². The normalized spacial score (nSPS) is 13.6. The van der Waals surface area contributed by atoms with E-state index in [-0.39, 0.29) is 12.5 Å². The third kappa shape index (κ3) is 1.92. The summed E-state index contributed by atoms with van der Waals surface area (Å²) in [4.78, 5) is 16.1. The lowest BCUT2D eigenvalue weighted by atomic mass is 10.1. The van der Waals surface area contributed by atoms with Gasteiger partial charge in [0.25, 0.3) is 5.91 Å². The minimum atomic E-state index is -0.204. The molecule has 3 heterocycles. The second-order valence-corrected chi connectivity index (χ2v) is 5.47. The highest BCUT2D eigenvalue weighted by atomic mass is 35.5. The van der Waals surface area contributed by atoms with E-state index in [4.69, 9.17) is 16.3 Å². The van der Waals surface area contributed by atoms with Gasteiger partial charge in [0.1, 0.15) is 0 Å². The first-order chi connectivity index (χ1) is 10.6. The molecule has 0 saturated heterocycles. The zero-order valence-corrected chi connectivity index (χ0v) is 12.4. The molecule has 3 aromatic rings. The highest BCUT2D eigenvalue weighted by Crippen LogP contribution is 2.42. The first kappa shape index (κ1) is 13.1. The summed E-state index contributed by atoms with van der Waals surface area (Å²) in [7, 11) is 0. The quantitative estimate of drug-likeness (QED) is 0.723. The Bertz CT molecular complexity index is 906. The first-order valence-corrected chi connectivity index (χ1v) is 7.07. The zero-order chi connectivity index (χ0) is 15.3. The number of amides is 1. The molecule has 6 nitrogen and oxygen atoms in total. The molecule has 1 aromatic carbocycles. The minimum Gasteiger partial charge on any atom is -0.480 e. The number of carbonyl (C=O) groups is 1. The average Bonchev–Trinajstić information content (AvgIpc) is 3.00. The molecule has 2 N–H and O–H groups in total. The van der Waals surface area contributed by atoms with Crippen molar-refractivity contribution in [3.05, 3.63) is 35.0 Å². The number of halogens is 1. The number of rotatable bonds is 1. The van der Waals surface area contributed by atoms with Crippen molar-refractivity contribution in [1.82, 2.24) is 15.2 Å². The van der Waals surface area contributed by atoms with Crippen LogP contribution in [0.5, 0.6) is 5.75 Å². The Morgan fingerprint density at radius 3 is 3.00 bits per heavy atom. The molecule has 1 amide bonds. The molecule has 22 heavy (non-hydrogen) atoms. The Morgan fingerprint density at radius 2 is 2.23 bits per heavy atom. The number of anilines is 1. The number of aromatic amines is 1. The van der Waals surface area contributed by atoms with E-state index in [0.717, 1.165) is 22.3 Å². The Balaban J connectivity index is 2.00. The summed E-state index contributed by atoms with van der Waals surface area (Å²) in [6, 6.07) is 5.56. The standard InChI is InChI=1S/C15H11ClN4O2/c1-7-4-9(8-2-3-17-20-8)18-10-5-11-15(14(16)13(7)10)22-6-12(21)19-11/h2-5H,6H2,1H3,(H,17,20)(H,19,21).